The average Bonchev–Trinajstić information content (AvgIpc) is 2.42. The van der Waals surface area contributed by atoms with Crippen molar-refractivity contribution in [2.45, 2.75) is 25.7 Å². The molecule has 0 fully saturated rings. The number of hydrogen-bond acceptors (Lipinski definition) is 1. The topological polar surface area (TPSA) is 103 Å². The SMILES string of the molecule is NC(N)=NC(N)=NCCCCCCPc1ccccc1. The van der Waals surface area contributed by atoms with E-state index in [1.165, 1.54) is 24.3 Å². The summed E-state index contributed by atoms with van der Waals surface area (Å²) in [5, 5.41) is 1.45. The van der Waals surface area contributed by atoms with E-state index in [0.29, 0.717) is 6.54 Å². The molecular weight excluding hydrogens is 269 g/mol. The van der Waals surface area contributed by atoms with Crippen LogP contribution in [0.2, 0.25) is 0 Å². The molecule has 0 aliphatic carbocycles. The van der Waals surface area contributed by atoms with E-state index in [0.717, 1.165) is 21.4 Å². The number of aliphatic imine (C=N–C) groups is 2. The Hall–Kier alpha value is -1.61. The van der Waals surface area contributed by atoms with E-state index in [1.807, 2.05) is 0 Å². The zero-order valence-corrected chi connectivity index (χ0v) is 12.8. The van der Waals surface area contributed by atoms with Crippen LogP contribution >= 0.6 is 8.58 Å². The second-order valence-electron chi connectivity index (χ2n) is 4.48. The summed E-state index contributed by atoms with van der Waals surface area (Å²) < 4.78 is 0. The number of nitrogens with zero attached hydrogens (tertiary/aromatic N) is 2. The fraction of sp³-hybridized carbons (Fsp3) is 0.429. The zero-order valence-electron chi connectivity index (χ0n) is 11.8. The predicted molar refractivity (Wildman–Crippen MR) is 90.0 cm³/mol. The lowest BCUT2D eigenvalue weighted by Crippen LogP contribution is -2.26. The molecule has 0 aliphatic heterocycles. The number of benzene rings is 1. The first kappa shape index (κ1) is 16.4. The van der Waals surface area contributed by atoms with Gasteiger partial charge in [0.05, 0.1) is 0 Å². The van der Waals surface area contributed by atoms with E-state index in [1.54, 1.807) is 0 Å². The molecule has 0 bridgehead atoms. The van der Waals surface area contributed by atoms with Crippen LogP contribution in [0.5, 0.6) is 0 Å². The highest BCUT2D eigenvalue weighted by atomic mass is 31.1. The summed E-state index contributed by atoms with van der Waals surface area (Å²) in [5.74, 6) is 0.115. The Morgan fingerprint density at radius 1 is 0.950 bits per heavy atom. The third kappa shape index (κ3) is 8.48. The van der Waals surface area contributed by atoms with E-state index in [2.05, 4.69) is 40.3 Å². The minimum Gasteiger partial charge on any atom is -0.370 e. The maximum absolute atomic E-state index is 5.51. The molecule has 0 aliphatic rings. The third-order valence-electron chi connectivity index (χ3n) is 2.71. The van der Waals surface area contributed by atoms with Crippen molar-refractivity contribution in [3.8, 4) is 0 Å². The summed E-state index contributed by atoms with van der Waals surface area (Å²) in [6, 6.07) is 10.6. The summed E-state index contributed by atoms with van der Waals surface area (Å²) >= 11 is 0. The second kappa shape index (κ2) is 10.2. The van der Waals surface area contributed by atoms with Crippen LogP contribution in [0.1, 0.15) is 25.7 Å². The quantitative estimate of drug-likeness (QED) is 0.290. The Labute approximate surface area is 122 Å². The summed E-state index contributed by atoms with van der Waals surface area (Å²) in [7, 11) is 0.917. The van der Waals surface area contributed by atoms with Crippen LogP contribution in [0, 0.1) is 0 Å². The van der Waals surface area contributed by atoms with Crippen LogP contribution in [0.15, 0.2) is 40.3 Å². The maximum Gasteiger partial charge on any atom is 0.218 e. The van der Waals surface area contributed by atoms with Gasteiger partial charge in [0.15, 0.2) is 5.96 Å². The molecule has 1 unspecified atom stereocenters. The van der Waals surface area contributed by atoms with Gasteiger partial charge in [-0.1, -0.05) is 51.8 Å². The molecule has 0 saturated heterocycles. The van der Waals surface area contributed by atoms with Gasteiger partial charge in [0.25, 0.3) is 0 Å². The molecule has 0 radical (unpaired) electrons. The lowest BCUT2D eigenvalue weighted by molar-refractivity contribution is 0.678. The lowest BCUT2D eigenvalue weighted by Gasteiger charge is -2.02. The number of unbranched alkanes of at least 4 members (excludes halogenated alkanes) is 3. The Morgan fingerprint density at radius 3 is 2.35 bits per heavy atom. The van der Waals surface area contributed by atoms with Crippen LogP contribution in [-0.4, -0.2) is 24.6 Å². The van der Waals surface area contributed by atoms with Crippen LogP contribution in [0.3, 0.4) is 0 Å². The molecule has 0 aromatic heterocycles. The Balaban J connectivity index is 1.99. The summed E-state index contributed by atoms with van der Waals surface area (Å²) in [4.78, 5) is 7.74. The molecule has 0 heterocycles. The summed E-state index contributed by atoms with van der Waals surface area (Å²) in [5.41, 5.74) is 15.9. The molecule has 1 atom stereocenters. The van der Waals surface area contributed by atoms with Crippen molar-refractivity contribution in [2.75, 3.05) is 12.7 Å². The van der Waals surface area contributed by atoms with Gasteiger partial charge in [-0.3, -0.25) is 4.99 Å². The first-order valence-electron chi connectivity index (χ1n) is 6.87. The Kier molecular flexibility index (Phi) is 8.40. The van der Waals surface area contributed by atoms with Crippen molar-refractivity contribution in [2.24, 2.45) is 27.2 Å². The molecule has 1 aromatic carbocycles. The highest BCUT2D eigenvalue weighted by Gasteiger charge is 1.94. The lowest BCUT2D eigenvalue weighted by atomic mass is 10.2. The smallest absolute Gasteiger partial charge is 0.218 e. The molecule has 0 amide bonds. The van der Waals surface area contributed by atoms with Crippen molar-refractivity contribution in [1.82, 2.24) is 0 Å². The van der Waals surface area contributed by atoms with Crippen LogP contribution < -0.4 is 22.5 Å². The van der Waals surface area contributed by atoms with E-state index < -0.39 is 0 Å². The van der Waals surface area contributed by atoms with Crippen molar-refractivity contribution in [1.29, 1.82) is 0 Å². The molecule has 1 aromatic rings. The van der Waals surface area contributed by atoms with Crippen molar-refractivity contribution in [3.63, 3.8) is 0 Å². The maximum atomic E-state index is 5.51. The molecule has 5 nitrogen and oxygen atoms in total. The standard InChI is InChI=1S/C14H24N5P/c15-13(16)19-14(17)18-10-6-1-2-7-11-20-12-8-4-3-5-9-12/h3-5,8-9,20H,1-2,6-7,10-11H2,(H6,15,16,17,18,19). The molecule has 6 heteroatoms. The number of hydrogen-bond donors (Lipinski definition) is 3. The Bertz CT molecular complexity index is 426. The van der Waals surface area contributed by atoms with Crippen molar-refractivity contribution < 1.29 is 0 Å². The first-order valence-corrected chi connectivity index (χ1v) is 8.07. The van der Waals surface area contributed by atoms with Crippen molar-refractivity contribution >= 4 is 25.8 Å². The van der Waals surface area contributed by atoms with E-state index >= 15 is 0 Å². The van der Waals surface area contributed by atoms with Gasteiger partial charge in [-0.25, -0.2) is 0 Å². The van der Waals surface area contributed by atoms with Gasteiger partial charge in [-0.05, 0) is 24.3 Å². The highest BCUT2D eigenvalue weighted by Crippen LogP contribution is 2.13. The van der Waals surface area contributed by atoms with Gasteiger partial charge in [-0.2, -0.15) is 4.99 Å². The average molecular weight is 293 g/mol. The molecule has 1 rings (SSSR count). The monoisotopic (exact) mass is 293 g/mol. The fourth-order valence-corrected chi connectivity index (χ4v) is 2.88. The molecule has 0 spiro atoms. The molecular formula is C14H24N5P. The van der Waals surface area contributed by atoms with Gasteiger partial charge < -0.3 is 17.2 Å². The molecule has 6 N–H and O–H groups in total. The highest BCUT2D eigenvalue weighted by molar-refractivity contribution is 7.47. The van der Waals surface area contributed by atoms with Crippen LogP contribution in [0.25, 0.3) is 0 Å². The fourth-order valence-electron chi connectivity index (χ4n) is 1.74. The normalized spacial score (nSPS) is 11.9. The van der Waals surface area contributed by atoms with Gasteiger partial charge >= 0.3 is 0 Å². The summed E-state index contributed by atoms with van der Waals surface area (Å²) in [6.45, 7) is 0.684. The largest absolute Gasteiger partial charge is 0.370 e. The van der Waals surface area contributed by atoms with E-state index in [-0.39, 0.29) is 11.9 Å². The minimum atomic E-state index is -0.0480. The van der Waals surface area contributed by atoms with E-state index in [9.17, 15) is 0 Å². The zero-order chi connectivity index (χ0) is 14.6. The summed E-state index contributed by atoms with van der Waals surface area (Å²) in [6.07, 6.45) is 5.95. The Morgan fingerprint density at radius 2 is 1.65 bits per heavy atom. The minimum absolute atomic E-state index is 0.0480. The molecule has 0 saturated carbocycles. The van der Waals surface area contributed by atoms with Gasteiger partial charge in [0.1, 0.15) is 0 Å². The molecule has 110 valence electrons. The van der Waals surface area contributed by atoms with Gasteiger partial charge in [-0.15, -0.1) is 0 Å². The third-order valence-corrected chi connectivity index (χ3v) is 4.05. The van der Waals surface area contributed by atoms with Crippen molar-refractivity contribution in [3.05, 3.63) is 30.3 Å². The number of guanidine groups is 2. The van der Waals surface area contributed by atoms with Crippen LogP contribution in [-0.2, 0) is 0 Å². The first-order chi connectivity index (χ1) is 9.68. The predicted octanol–water partition coefficient (Wildman–Crippen LogP) is 1.14. The van der Waals surface area contributed by atoms with Crippen LogP contribution in [0.4, 0.5) is 0 Å². The van der Waals surface area contributed by atoms with Gasteiger partial charge in [0, 0.05) is 6.54 Å². The number of rotatable bonds is 8. The number of nitrogens with two attached hydrogens (primary N) is 3. The van der Waals surface area contributed by atoms with Gasteiger partial charge in [0.2, 0.25) is 5.96 Å². The molecule has 20 heavy (non-hydrogen) atoms. The second-order valence-corrected chi connectivity index (χ2v) is 5.91. The van der Waals surface area contributed by atoms with E-state index in [4.69, 9.17) is 17.2 Å².